The first-order valence-corrected chi connectivity index (χ1v) is 7.49. The lowest BCUT2D eigenvalue weighted by Gasteiger charge is -2.30. The molecule has 0 N–H and O–H groups in total. The fourth-order valence-corrected chi connectivity index (χ4v) is 3.75. The highest BCUT2D eigenvalue weighted by atomic mass is 32.2. The molecule has 1 aliphatic heterocycles. The molecule has 2 heterocycles. The summed E-state index contributed by atoms with van der Waals surface area (Å²) in [7, 11) is -1.97. The van der Waals surface area contributed by atoms with Crippen LogP contribution in [0.25, 0.3) is 0 Å². The fraction of sp³-hybridized carbons (Fsp3) is 0.636. The lowest BCUT2D eigenvalue weighted by atomic mass is 10.1. The maximum absolute atomic E-state index is 12.5. The summed E-state index contributed by atoms with van der Waals surface area (Å²) < 4.78 is 27.9. The molecule has 1 aromatic heterocycles. The molecule has 0 amide bonds. The van der Waals surface area contributed by atoms with Crippen molar-refractivity contribution in [1.82, 2.24) is 13.9 Å². The first-order chi connectivity index (χ1) is 8.96. The molecular weight excluding hydrogens is 268 g/mol. The monoisotopic (exact) mass is 284 g/mol. The SMILES string of the molecule is Cc1nc(S(=O)(=O)N2CCCCC2N=C=O)cn1C. The molecule has 2 rings (SSSR count). The molecule has 1 fully saturated rings. The topological polar surface area (TPSA) is 84.6 Å². The van der Waals surface area contributed by atoms with Crippen LogP contribution in [0.4, 0.5) is 0 Å². The van der Waals surface area contributed by atoms with Crippen molar-refractivity contribution >= 4 is 16.1 Å². The largest absolute Gasteiger partial charge is 0.337 e. The molecule has 19 heavy (non-hydrogen) atoms. The van der Waals surface area contributed by atoms with Gasteiger partial charge in [0.25, 0.3) is 10.0 Å². The van der Waals surface area contributed by atoms with Crippen molar-refractivity contribution in [2.45, 2.75) is 37.4 Å². The lowest BCUT2D eigenvalue weighted by molar-refractivity contribution is 0.259. The van der Waals surface area contributed by atoms with Gasteiger partial charge in [0.05, 0.1) is 0 Å². The molecule has 1 atom stereocenters. The molecule has 1 aliphatic rings. The van der Waals surface area contributed by atoms with E-state index in [1.54, 1.807) is 18.5 Å². The van der Waals surface area contributed by atoms with Gasteiger partial charge < -0.3 is 4.57 Å². The number of aromatic nitrogens is 2. The van der Waals surface area contributed by atoms with Gasteiger partial charge in [0, 0.05) is 19.8 Å². The maximum atomic E-state index is 12.5. The van der Waals surface area contributed by atoms with Gasteiger partial charge >= 0.3 is 0 Å². The van der Waals surface area contributed by atoms with Gasteiger partial charge in [-0.2, -0.15) is 9.30 Å². The van der Waals surface area contributed by atoms with Crippen LogP contribution in [-0.4, -0.2) is 41.1 Å². The Labute approximate surface area is 112 Å². The fourth-order valence-electron chi connectivity index (χ4n) is 2.13. The second-order valence-electron chi connectivity index (χ2n) is 4.55. The van der Waals surface area contributed by atoms with Gasteiger partial charge in [-0.1, -0.05) is 0 Å². The molecular formula is C11H16N4O3S. The van der Waals surface area contributed by atoms with Crippen molar-refractivity contribution in [1.29, 1.82) is 0 Å². The van der Waals surface area contributed by atoms with Crippen LogP contribution in [0.1, 0.15) is 25.1 Å². The van der Waals surface area contributed by atoms with Crippen molar-refractivity contribution in [3.05, 3.63) is 12.0 Å². The summed E-state index contributed by atoms with van der Waals surface area (Å²) in [5.74, 6) is 0.617. The van der Waals surface area contributed by atoms with Crippen LogP contribution in [0.15, 0.2) is 16.2 Å². The standard InChI is InChI=1S/C11H16N4O3S/c1-9-13-11(7-14(9)2)19(17,18)15-6-4-3-5-10(15)12-8-16/h7,10H,3-6H2,1-2H3. The second kappa shape index (κ2) is 5.24. The molecule has 8 heteroatoms. The van der Waals surface area contributed by atoms with E-state index < -0.39 is 16.2 Å². The minimum atomic E-state index is -3.71. The van der Waals surface area contributed by atoms with Crippen LogP contribution in [0.5, 0.6) is 0 Å². The lowest BCUT2D eigenvalue weighted by Crippen LogP contribution is -2.42. The van der Waals surface area contributed by atoms with Crippen LogP contribution in [-0.2, 0) is 21.9 Å². The Morgan fingerprint density at radius 2 is 2.21 bits per heavy atom. The van der Waals surface area contributed by atoms with Gasteiger partial charge in [-0.15, -0.1) is 0 Å². The predicted octanol–water partition coefficient (Wildman–Crippen LogP) is 0.565. The van der Waals surface area contributed by atoms with E-state index in [-0.39, 0.29) is 5.03 Å². The maximum Gasteiger partial charge on any atom is 0.263 e. The van der Waals surface area contributed by atoms with Crippen LogP contribution >= 0.6 is 0 Å². The van der Waals surface area contributed by atoms with Gasteiger partial charge in [-0.05, 0) is 26.2 Å². The molecule has 1 saturated heterocycles. The number of hydrogen-bond acceptors (Lipinski definition) is 5. The zero-order chi connectivity index (χ0) is 14.0. The number of sulfonamides is 1. The normalized spacial score (nSPS) is 21.1. The minimum absolute atomic E-state index is 0.000462. The second-order valence-corrected chi connectivity index (χ2v) is 6.39. The number of aryl methyl sites for hydroxylation is 2. The third kappa shape index (κ3) is 2.60. The zero-order valence-electron chi connectivity index (χ0n) is 10.9. The van der Waals surface area contributed by atoms with E-state index in [0.717, 1.165) is 12.8 Å². The Bertz CT molecular complexity index is 596. The van der Waals surface area contributed by atoms with E-state index in [1.165, 1.54) is 16.6 Å². The van der Waals surface area contributed by atoms with E-state index in [0.29, 0.717) is 18.8 Å². The molecule has 0 spiro atoms. The van der Waals surface area contributed by atoms with Crippen molar-refractivity contribution in [3.63, 3.8) is 0 Å². The zero-order valence-corrected chi connectivity index (χ0v) is 11.7. The van der Waals surface area contributed by atoms with Crippen molar-refractivity contribution in [2.24, 2.45) is 12.0 Å². The Kier molecular flexibility index (Phi) is 3.84. The number of carbonyl (C=O) groups excluding carboxylic acids is 1. The first-order valence-electron chi connectivity index (χ1n) is 6.05. The number of piperidine rings is 1. The highest BCUT2D eigenvalue weighted by molar-refractivity contribution is 7.89. The van der Waals surface area contributed by atoms with Gasteiger partial charge in [-0.25, -0.2) is 18.2 Å². The summed E-state index contributed by atoms with van der Waals surface area (Å²) in [5.41, 5.74) is 0. The first kappa shape index (κ1) is 13.9. The van der Waals surface area contributed by atoms with E-state index in [9.17, 15) is 13.2 Å². The molecule has 104 valence electrons. The third-order valence-electron chi connectivity index (χ3n) is 3.28. The highest BCUT2D eigenvalue weighted by Gasteiger charge is 2.35. The van der Waals surface area contributed by atoms with Crippen molar-refractivity contribution < 1.29 is 13.2 Å². The smallest absolute Gasteiger partial charge is 0.263 e. The predicted molar refractivity (Wildman–Crippen MR) is 67.6 cm³/mol. The van der Waals surface area contributed by atoms with Crippen LogP contribution < -0.4 is 0 Å². The summed E-state index contributed by atoms with van der Waals surface area (Å²) in [6.45, 7) is 2.09. The Balaban J connectivity index is 2.39. The molecule has 1 aromatic rings. The van der Waals surface area contributed by atoms with Crippen LogP contribution in [0, 0.1) is 6.92 Å². The summed E-state index contributed by atoms with van der Waals surface area (Å²) in [4.78, 5) is 18.0. The molecule has 0 radical (unpaired) electrons. The van der Waals surface area contributed by atoms with Crippen molar-refractivity contribution in [2.75, 3.05) is 6.54 Å². The molecule has 0 aromatic carbocycles. The molecule has 0 saturated carbocycles. The van der Waals surface area contributed by atoms with Crippen LogP contribution in [0.2, 0.25) is 0 Å². The van der Waals surface area contributed by atoms with E-state index in [1.807, 2.05) is 0 Å². The average Bonchev–Trinajstić information content (AvgIpc) is 2.71. The van der Waals surface area contributed by atoms with Gasteiger partial charge in [-0.3, -0.25) is 0 Å². The summed E-state index contributed by atoms with van der Waals surface area (Å²) in [5, 5.41) is 0.000462. The molecule has 0 bridgehead atoms. The minimum Gasteiger partial charge on any atom is -0.337 e. The number of aliphatic imine (C=N–C) groups is 1. The van der Waals surface area contributed by atoms with E-state index >= 15 is 0 Å². The third-order valence-corrected chi connectivity index (χ3v) is 5.05. The van der Waals surface area contributed by atoms with Gasteiger partial charge in [0.2, 0.25) is 6.08 Å². The van der Waals surface area contributed by atoms with E-state index in [2.05, 4.69) is 9.98 Å². The molecule has 0 aliphatic carbocycles. The average molecular weight is 284 g/mol. The number of isocyanates is 1. The quantitative estimate of drug-likeness (QED) is 0.600. The van der Waals surface area contributed by atoms with E-state index in [4.69, 9.17) is 0 Å². The van der Waals surface area contributed by atoms with Crippen LogP contribution in [0.3, 0.4) is 0 Å². The van der Waals surface area contributed by atoms with Gasteiger partial charge in [0.15, 0.2) is 5.03 Å². The number of nitrogens with zero attached hydrogens (tertiary/aromatic N) is 4. The Hall–Kier alpha value is -1.50. The molecule has 1 unspecified atom stereocenters. The summed E-state index contributed by atoms with van der Waals surface area (Å²) in [6.07, 6.45) is 4.42. The highest BCUT2D eigenvalue weighted by Crippen LogP contribution is 2.25. The van der Waals surface area contributed by atoms with Gasteiger partial charge in [0.1, 0.15) is 12.0 Å². The number of imidazole rings is 1. The Morgan fingerprint density at radius 1 is 1.47 bits per heavy atom. The number of rotatable bonds is 3. The molecule has 7 nitrogen and oxygen atoms in total. The number of hydrogen-bond donors (Lipinski definition) is 0. The van der Waals surface area contributed by atoms with Crippen molar-refractivity contribution in [3.8, 4) is 0 Å². The Morgan fingerprint density at radius 3 is 2.79 bits per heavy atom. The summed E-state index contributed by atoms with van der Waals surface area (Å²) >= 11 is 0. The summed E-state index contributed by atoms with van der Waals surface area (Å²) in [6, 6.07) is 0.